The second-order valence-electron chi connectivity index (χ2n) is 4.38. The van der Waals surface area contributed by atoms with Gasteiger partial charge in [0.05, 0.1) is 22.8 Å². The highest BCUT2D eigenvalue weighted by atomic mass is 14.7. The molecule has 0 amide bonds. The van der Waals surface area contributed by atoms with Gasteiger partial charge in [-0.25, -0.2) is 4.98 Å². The highest BCUT2D eigenvalue weighted by molar-refractivity contribution is 5.82. The Morgan fingerprint density at radius 2 is 2.11 bits per heavy atom. The number of nitrogens with zero attached hydrogens (tertiary/aromatic N) is 2. The molecule has 0 N–H and O–H groups in total. The molecule has 2 heteroatoms. The molecule has 0 saturated heterocycles. The van der Waals surface area contributed by atoms with E-state index in [0.29, 0.717) is 5.56 Å². The van der Waals surface area contributed by atoms with Gasteiger partial charge in [0.2, 0.25) is 0 Å². The highest BCUT2D eigenvalue weighted by Crippen LogP contribution is 2.21. The minimum absolute atomic E-state index is 0.657. The van der Waals surface area contributed by atoms with Gasteiger partial charge in [0.1, 0.15) is 0 Å². The zero-order valence-electron chi connectivity index (χ0n) is 9.93. The largest absolute Gasteiger partial charge is 0.248 e. The van der Waals surface area contributed by atoms with E-state index in [0.717, 1.165) is 29.4 Å². The lowest BCUT2D eigenvalue weighted by Gasteiger charge is -2.08. The Balaban J connectivity index is 2.22. The van der Waals surface area contributed by atoms with Crippen LogP contribution in [0.5, 0.6) is 0 Å². The molecule has 1 aliphatic rings. The van der Waals surface area contributed by atoms with Crippen molar-refractivity contribution in [2.45, 2.75) is 12.8 Å². The van der Waals surface area contributed by atoms with E-state index in [1.165, 1.54) is 5.56 Å². The van der Waals surface area contributed by atoms with Crippen LogP contribution in [0.15, 0.2) is 42.5 Å². The summed E-state index contributed by atoms with van der Waals surface area (Å²) in [6, 6.07) is 9.99. The zero-order chi connectivity index (χ0) is 12.4. The van der Waals surface area contributed by atoms with Crippen LogP contribution in [-0.2, 0) is 6.42 Å². The summed E-state index contributed by atoms with van der Waals surface area (Å²) in [7, 11) is 0. The van der Waals surface area contributed by atoms with Gasteiger partial charge >= 0.3 is 0 Å². The number of fused-ring (bicyclic) bond motifs is 2. The van der Waals surface area contributed by atoms with Gasteiger partial charge in [0.15, 0.2) is 0 Å². The number of benzene rings is 1. The molecule has 1 aromatic heterocycles. The fourth-order valence-corrected chi connectivity index (χ4v) is 2.20. The summed E-state index contributed by atoms with van der Waals surface area (Å²) in [5.74, 6) is 0. The topological polar surface area (TPSA) is 36.7 Å². The first kappa shape index (κ1) is 10.7. The zero-order valence-corrected chi connectivity index (χ0v) is 9.93. The number of aryl methyl sites for hydroxylation is 1. The highest BCUT2D eigenvalue weighted by Gasteiger charge is 2.06. The van der Waals surface area contributed by atoms with Gasteiger partial charge in [-0.2, -0.15) is 5.26 Å². The minimum Gasteiger partial charge on any atom is -0.248 e. The number of hydrogen-bond donors (Lipinski definition) is 0. The van der Waals surface area contributed by atoms with Gasteiger partial charge in [-0.3, -0.25) is 0 Å². The molecule has 1 aliphatic carbocycles. The fraction of sp³-hybridized carbons (Fsp3) is 0.125. The Morgan fingerprint density at radius 3 is 3.00 bits per heavy atom. The monoisotopic (exact) mass is 232 g/mol. The van der Waals surface area contributed by atoms with Crippen molar-refractivity contribution in [3.63, 3.8) is 0 Å². The predicted octanol–water partition coefficient (Wildman–Crippen LogP) is 3.62. The molecule has 0 bridgehead atoms. The van der Waals surface area contributed by atoms with E-state index < -0.39 is 0 Å². The molecule has 0 unspecified atom stereocenters. The summed E-state index contributed by atoms with van der Waals surface area (Å²) >= 11 is 0. The van der Waals surface area contributed by atoms with Crippen molar-refractivity contribution < 1.29 is 0 Å². The average molecular weight is 232 g/mol. The Hall–Kier alpha value is -2.40. The smallest absolute Gasteiger partial charge is 0.0992 e. The average Bonchev–Trinajstić information content (AvgIpc) is 2.38. The Bertz CT molecular complexity index is 703. The molecule has 0 atom stereocenters. The maximum Gasteiger partial charge on any atom is 0.0992 e. The summed E-state index contributed by atoms with van der Waals surface area (Å²) in [5.41, 5.74) is 3.83. The molecule has 86 valence electrons. The third-order valence-corrected chi connectivity index (χ3v) is 3.14. The van der Waals surface area contributed by atoms with Crippen LogP contribution in [0.25, 0.3) is 17.0 Å². The molecule has 18 heavy (non-hydrogen) atoms. The third-order valence-electron chi connectivity index (χ3n) is 3.14. The van der Waals surface area contributed by atoms with Crippen LogP contribution in [0.4, 0.5) is 0 Å². The molecule has 0 fully saturated rings. The van der Waals surface area contributed by atoms with Crippen molar-refractivity contribution in [2.75, 3.05) is 0 Å². The van der Waals surface area contributed by atoms with Crippen LogP contribution >= 0.6 is 0 Å². The molecule has 3 rings (SSSR count). The lowest BCUT2D eigenvalue weighted by atomic mass is 10.0. The number of aromatic nitrogens is 1. The molecular weight excluding hydrogens is 220 g/mol. The molecule has 1 heterocycles. The second kappa shape index (κ2) is 4.46. The van der Waals surface area contributed by atoms with Crippen LogP contribution in [0.1, 0.15) is 23.2 Å². The summed E-state index contributed by atoms with van der Waals surface area (Å²) in [4.78, 5) is 4.65. The van der Waals surface area contributed by atoms with Crippen LogP contribution < -0.4 is 0 Å². The Kier molecular flexibility index (Phi) is 2.66. The van der Waals surface area contributed by atoms with Crippen LogP contribution in [-0.4, -0.2) is 4.98 Å². The summed E-state index contributed by atoms with van der Waals surface area (Å²) < 4.78 is 0. The molecule has 2 nitrogen and oxygen atoms in total. The van der Waals surface area contributed by atoms with Crippen LogP contribution in [0.2, 0.25) is 0 Å². The number of allylic oxidation sites excluding steroid dienone is 3. The maximum atomic E-state index is 8.92. The SMILES string of the molecule is N#Cc1ccc2cc3c(nc2c1)C=CC=CCC3. The summed E-state index contributed by atoms with van der Waals surface area (Å²) in [6.45, 7) is 0. The second-order valence-corrected chi connectivity index (χ2v) is 4.38. The van der Waals surface area contributed by atoms with Crippen molar-refractivity contribution in [3.8, 4) is 6.07 Å². The number of nitriles is 1. The molecule has 0 radical (unpaired) electrons. The first-order valence-corrected chi connectivity index (χ1v) is 6.04. The van der Waals surface area contributed by atoms with Crippen LogP contribution in [0.3, 0.4) is 0 Å². The van der Waals surface area contributed by atoms with Gasteiger partial charge in [-0.1, -0.05) is 24.3 Å². The fourth-order valence-electron chi connectivity index (χ4n) is 2.20. The van der Waals surface area contributed by atoms with E-state index in [1.807, 2.05) is 30.4 Å². The molecule has 0 aliphatic heterocycles. The Morgan fingerprint density at radius 1 is 1.17 bits per heavy atom. The normalized spacial score (nSPS) is 13.7. The van der Waals surface area contributed by atoms with Gasteiger partial charge < -0.3 is 0 Å². The Labute approximate surface area is 106 Å². The van der Waals surface area contributed by atoms with Gasteiger partial charge in [-0.05, 0) is 42.7 Å². The molecule has 0 saturated carbocycles. The summed E-state index contributed by atoms with van der Waals surface area (Å²) in [5, 5.41) is 10.0. The molecule has 2 aromatic rings. The van der Waals surface area contributed by atoms with E-state index in [1.54, 1.807) is 0 Å². The van der Waals surface area contributed by atoms with E-state index in [4.69, 9.17) is 5.26 Å². The third kappa shape index (κ3) is 1.91. The van der Waals surface area contributed by atoms with Crippen molar-refractivity contribution in [1.29, 1.82) is 5.26 Å². The first-order chi connectivity index (χ1) is 8.86. The van der Waals surface area contributed by atoms with Gasteiger partial charge in [0.25, 0.3) is 0 Å². The lowest BCUT2D eigenvalue weighted by molar-refractivity contribution is 0.985. The van der Waals surface area contributed by atoms with Crippen molar-refractivity contribution in [3.05, 3.63) is 59.3 Å². The minimum atomic E-state index is 0.657. The van der Waals surface area contributed by atoms with Gasteiger partial charge in [0, 0.05) is 5.39 Å². The molecule has 0 spiro atoms. The predicted molar refractivity (Wildman–Crippen MR) is 73.0 cm³/mol. The van der Waals surface area contributed by atoms with E-state index >= 15 is 0 Å². The first-order valence-electron chi connectivity index (χ1n) is 6.04. The van der Waals surface area contributed by atoms with Crippen LogP contribution in [0, 0.1) is 11.3 Å². The number of rotatable bonds is 0. The van der Waals surface area contributed by atoms with Gasteiger partial charge in [-0.15, -0.1) is 0 Å². The quantitative estimate of drug-likeness (QED) is 0.695. The number of hydrogen-bond acceptors (Lipinski definition) is 2. The molecule has 1 aromatic carbocycles. The van der Waals surface area contributed by atoms with E-state index in [-0.39, 0.29) is 0 Å². The van der Waals surface area contributed by atoms with E-state index in [9.17, 15) is 0 Å². The van der Waals surface area contributed by atoms with Crippen molar-refractivity contribution >= 4 is 17.0 Å². The number of pyridine rings is 1. The standard InChI is InChI=1S/C16H12N2/c17-11-12-7-8-14-10-13-5-3-1-2-4-6-15(13)18-16(14)9-12/h1-2,4,6-10H,3,5H2. The van der Waals surface area contributed by atoms with Crippen molar-refractivity contribution in [2.24, 2.45) is 0 Å². The lowest BCUT2D eigenvalue weighted by Crippen LogP contribution is -1.95. The summed E-state index contributed by atoms with van der Waals surface area (Å²) in [6.07, 6.45) is 10.3. The maximum absolute atomic E-state index is 8.92. The molecular formula is C16H12N2. The van der Waals surface area contributed by atoms with Crippen molar-refractivity contribution in [1.82, 2.24) is 4.98 Å². The van der Waals surface area contributed by atoms with E-state index in [2.05, 4.69) is 29.3 Å².